The van der Waals surface area contributed by atoms with Crippen LogP contribution in [-0.2, 0) is 4.79 Å². The van der Waals surface area contributed by atoms with Crippen molar-refractivity contribution in [1.82, 2.24) is 0 Å². The lowest BCUT2D eigenvalue weighted by molar-refractivity contribution is -0.135. The Labute approximate surface area is 197 Å². The molecule has 0 radical (unpaired) electrons. The third-order valence-corrected chi connectivity index (χ3v) is 6.29. The van der Waals surface area contributed by atoms with Crippen LogP contribution in [0, 0.1) is 0 Å². The number of rotatable bonds is 4. The molecular formula is C28H24O6. The maximum atomic E-state index is 13.1. The molecule has 1 N–H and O–H groups in total. The number of phenols is 1. The molecule has 3 aromatic rings. The van der Waals surface area contributed by atoms with E-state index in [0.29, 0.717) is 39.9 Å². The van der Waals surface area contributed by atoms with E-state index < -0.39 is 11.9 Å². The minimum absolute atomic E-state index is 0.0320. The number of fused-ring (bicyclic) bond motifs is 3. The number of hydrogen-bond donors (Lipinski definition) is 1. The smallest absolute Gasteiger partial charge is 0.312 e. The monoisotopic (exact) mass is 456 g/mol. The molecule has 2 heterocycles. The Kier molecular flexibility index (Phi) is 5.36. The van der Waals surface area contributed by atoms with E-state index in [9.17, 15) is 14.7 Å². The molecule has 6 nitrogen and oxygen atoms in total. The fraction of sp³-hybridized carbons (Fsp3) is 0.214. The van der Waals surface area contributed by atoms with Gasteiger partial charge in [-0.15, -0.1) is 0 Å². The highest BCUT2D eigenvalue weighted by Gasteiger charge is 2.38. The number of benzene rings is 3. The average molecular weight is 456 g/mol. The number of allylic oxidation sites excluding steroid dienone is 1. The summed E-state index contributed by atoms with van der Waals surface area (Å²) in [6.45, 7) is 4.26. The minimum atomic E-state index is -0.444. The third kappa shape index (κ3) is 3.71. The van der Waals surface area contributed by atoms with Crippen molar-refractivity contribution in [2.24, 2.45) is 0 Å². The second kappa shape index (κ2) is 8.37. The van der Waals surface area contributed by atoms with E-state index in [4.69, 9.17) is 14.2 Å². The summed E-state index contributed by atoms with van der Waals surface area (Å²) in [5.41, 5.74) is 3.81. The van der Waals surface area contributed by atoms with Crippen LogP contribution in [0.5, 0.6) is 23.0 Å². The first kappa shape index (κ1) is 21.8. The van der Waals surface area contributed by atoms with Crippen molar-refractivity contribution in [3.63, 3.8) is 0 Å². The van der Waals surface area contributed by atoms with Crippen LogP contribution < -0.4 is 14.2 Å². The van der Waals surface area contributed by atoms with Crippen molar-refractivity contribution >= 4 is 17.8 Å². The van der Waals surface area contributed by atoms with Crippen LogP contribution in [0.3, 0.4) is 0 Å². The van der Waals surface area contributed by atoms with Crippen molar-refractivity contribution in [2.45, 2.75) is 32.1 Å². The molecular weight excluding hydrogens is 432 g/mol. The Balaban J connectivity index is 1.56. The zero-order chi connectivity index (χ0) is 24.0. The van der Waals surface area contributed by atoms with Crippen LogP contribution in [0.4, 0.5) is 0 Å². The van der Waals surface area contributed by atoms with E-state index in [1.54, 1.807) is 36.4 Å². The van der Waals surface area contributed by atoms with Crippen LogP contribution in [0.25, 0.3) is 6.08 Å². The Morgan fingerprint density at radius 1 is 1.03 bits per heavy atom. The zero-order valence-corrected chi connectivity index (χ0v) is 19.1. The second-order valence-corrected chi connectivity index (χ2v) is 8.78. The number of Topliss-reactive ketones (excluding diaryl/α,β-unsaturated/α-hetero) is 1. The Morgan fingerprint density at radius 2 is 1.79 bits per heavy atom. The fourth-order valence-corrected chi connectivity index (χ4v) is 4.44. The lowest BCUT2D eigenvalue weighted by atomic mass is 9.84. The molecule has 0 saturated heterocycles. The van der Waals surface area contributed by atoms with Gasteiger partial charge in [-0.25, -0.2) is 0 Å². The van der Waals surface area contributed by atoms with Gasteiger partial charge in [-0.2, -0.15) is 0 Å². The molecule has 0 aliphatic carbocycles. The van der Waals surface area contributed by atoms with Gasteiger partial charge in [0.05, 0.1) is 19.1 Å². The number of carbonyl (C=O) groups excluding carboxylic acids is 2. The maximum absolute atomic E-state index is 13.1. The molecule has 0 bridgehead atoms. The van der Waals surface area contributed by atoms with Gasteiger partial charge in [-0.1, -0.05) is 44.2 Å². The van der Waals surface area contributed by atoms with Crippen LogP contribution in [0.1, 0.15) is 64.7 Å². The van der Waals surface area contributed by atoms with Gasteiger partial charge in [0.15, 0.2) is 17.3 Å². The van der Waals surface area contributed by atoms with E-state index in [0.717, 1.165) is 5.56 Å². The standard InChI is InChI=1S/C28H24O6/c1-15(2)17-6-4-16(5-7-17)12-24-27(31)19-9-11-23-26(28(19)34-24)20(14-25(30)33-23)18-8-10-22(32-3)21(29)13-18/h4-13,15,20,29H,14H2,1-3H3/b24-12-. The predicted molar refractivity (Wildman–Crippen MR) is 127 cm³/mol. The molecule has 0 spiro atoms. The molecule has 6 heteroatoms. The summed E-state index contributed by atoms with van der Waals surface area (Å²) < 4.78 is 16.7. The van der Waals surface area contributed by atoms with E-state index in [-0.39, 0.29) is 23.7 Å². The fourth-order valence-electron chi connectivity index (χ4n) is 4.44. The van der Waals surface area contributed by atoms with Gasteiger partial charge in [0, 0.05) is 11.5 Å². The summed E-state index contributed by atoms with van der Waals surface area (Å²) in [6.07, 6.45) is 1.78. The van der Waals surface area contributed by atoms with Crippen molar-refractivity contribution in [1.29, 1.82) is 0 Å². The van der Waals surface area contributed by atoms with Crippen LogP contribution in [-0.4, -0.2) is 24.0 Å². The number of hydrogen-bond acceptors (Lipinski definition) is 6. The highest BCUT2D eigenvalue weighted by molar-refractivity contribution is 6.15. The second-order valence-electron chi connectivity index (χ2n) is 8.78. The van der Waals surface area contributed by atoms with Crippen LogP contribution >= 0.6 is 0 Å². The minimum Gasteiger partial charge on any atom is -0.504 e. The molecule has 34 heavy (non-hydrogen) atoms. The average Bonchev–Trinajstić information content (AvgIpc) is 3.13. The predicted octanol–water partition coefficient (Wildman–Crippen LogP) is 5.58. The van der Waals surface area contributed by atoms with Crippen molar-refractivity contribution in [3.8, 4) is 23.0 Å². The Morgan fingerprint density at radius 3 is 2.47 bits per heavy atom. The molecule has 0 amide bonds. The third-order valence-electron chi connectivity index (χ3n) is 6.29. The first-order valence-corrected chi connectivity index (χ1v) is 11.1. The van der Waals surface area contributed by atoms with Gasteiger partial charge in [0.1, 0.15) is 11.5 Å². The van der Waals surface area contributed by atoms with Gasteiger partial charge < -0.3 is 19.3 Å². The van der Waals surface area contributed by atoms with Crippen molar-refractivity contribution in [2.75, 3.05) is 7.11 Å². The topological polar surface area (TPSA) is 82.1 Å². The maximum Gasteiger partial charge on any atom is 0.312 e. The van der Waals surface area contributed by atoms with Gasteiger partial charge in [0.25, 0.3) is 0 Å². The SMILES string of the molecule is COc1ccc(C2CC(=O)Oc3ccc4c(c32)O/C(=C\c2ccc(C(C)C)cc2)C4=O)cc1O. The summed E-state index contributed by atoms with van der Waals surface area (Å²) in [6, 6.07) is 16.2. The number of phenolic OH excluding ortho intramolecular Hbond substituents is 1. The molecule has 1 unspecified atom stereocenters. The number of ketones is 1. The van der Waals surface area contributed by atoms with Gasteiger partial charge in [0.2, 0.25) is 5.78 Å². The highest BCUT2D eigenvalue weighted by Crippen LogP contribution is 2.49. The first-order valence-electron chi connectivity index (χ1n) is 11.1. The molecule has 0 aromatic heterocycles. The van der Waals surface area contributed by atoms with Crippen molar-refractivity contribution in [3.05, 3.63) is 88.2 Å². The number of methoxy groups -OCH3 is 1. The summed E-state index contributed by atoms with van der Waals surface area (Å²) in [7, 11) is 1.47. The number of esters is 1. The van der Waals surface area contributed by atoms with Gasteiger partial charge in [-0.05, 0) is 52.9 Å². The summed E-state index contributed by atoms with van der Waals surface area (Å²) in [5, 5.41) is 10.3. The van der Waals surface area contributed by atoms with E-state index >= 15 is 0 Å². The number of aromatic hydroxyl groups is 1. The molecule has 172 valence electrons. The normalized spacial score (nSPS) is 17.9. The zero-order valence-electron chi connectivity index (χ0n) is 19.1. The van der Waals surface area contributed by atoms with Crippen LogP contribution in [0.2, 0.25) is 0 Å². The molecule has 3 aromatic carbocycles. The molecule has 2 aliphatic rings. The number of carbonyl (C=O) groups is 2. The lowest BCUT2D eigenvalue weighted by Crippen LogP contribution is -2.21. The van der Waals surface area contributed by atoms with E-state index in [1.165, 1.54) is 12.7 Å². The lowest BCUT2D eigenvalue weighted by Gasteiger charge is -2.26. The van der Waals surface area contributed by atoms with E-state index in [2.05, 4.69) is 13.8 Å². The first-order chi connectivity index (χ1) is 16.4. The van der Waals surface area contributed by atoms with Crippen LogP contribution in [0.15, 0.2) is 60.4 Å². The van der Waals surface area contributed by atoms with Crippen molar-refractivity contribution < 1.29 is 28.9 Å². The summed E-state index contributed by atoms with van der Waals surface area (Å²) in [4.78, 5) is 25.5. The summed E-state index contributed by atoms with van der Waals surface area (Å²) in [5.74, 6) is 0.618. The molecule has 1 atom stereocenters. The summed E-state index contributed by atoms with van der Waals surface area (Å²) >= 11 is 0. The molecule has 0 fully saturated rings. The van der Waals surface area contributed by atoms with Gasteiger partial charge in [-0.3, -0.25) is 9.59 Å². The molecule has 2 aliphatic heterocycles. The van der Waals surface area contributed by atoms with E-state index in [1.807, 2.05) is 24.3 Å². The number of ether oxygens (including phenoxy) is 3. The Bertz CT molecular complexity index is 1330. The Hall–Kier alpha value is -4.06. The van der Waals surface area contributed by atoms with Gasteiger partial charge >= 0.3 is 5.97 Å². The highest BCUT2D eigenvalue weighted by atomic mass is 16.5. The molecule has 5 rings (SSSR count). The molecule has 0 saturated carbocycles. The quantitative estimate of drug-likeness (QED) is 0.313. The largest absolute Gasteiger partial charge is 0.504 e.